The van der Waals surface area contributed by atoms with Gasteiger partial charge in [0.1, 0.15) is 5.75 Å². The van der Waals surface area contributed by atoms with Crippen molar-refractivity contribution in [2.45, 2.75) is 19.4 Å². The Morgan fingerprint density at radius 2 is 2.33 bits per heavy atom. The number of nitrogens with one attached hydrogen (secondary N) is 1. The van der Waals surface area contributed by atoms with E-state index in [4.69, 9.17) is 15.2 Å². The number of methoxy groups -OCH3 is 1. The molecule has 1 aromatic carbocycles. The summed E-state index contributed by atoms with van der Waals surface area (Å²) in [6.45, 7) is 2.56. The maximum Gasteiger partial charge on any atom is 0.230 e. The molecule has 5 nitrogen and oxygen atoms in total. The molecule has 1 heterocycles. The van der Waals surface area contributed by atoms with Crippen LogP contribution in [0.25, 0.3) is 0 Å². The van der Waals surface area contributed by atoms with Crippen molar-refractivity contribution < 1.29 is 14.3 Å². The second-order valence-corrected chi connectivity index (χ2v) is 4.42. The molecule has 0 aromatic heterocycles. The fourth-order valence-corrected chi connectivity index (χ4v) is 2.10. The van der Waals surface area contributed by atoms with E-state index in [9.17, 15) is 4.79 Å². The van der Waals surface area contributed by atoms with Crippen LogP contribution in [-0.4, -0.2) is 25.7 Å². The molecule has 2 rings (SSSR count). The summed E-state index contributed by atoms with van der Waals surface area (Å²) in [4.78, 5) is 12.0. The van der Waals surface area contributed by atoms with Crippen LogP contribution in [0, 0.1) is 5.92 Å². The lowest BCUT2D eigenvalue weighted by atomic mass is 10.0. The third-order valence-electron chi connectivity index (χ3n) is 3.21. The van der Waals surface area contributed by atoms with Crippen molar-refractivity contribution in [3.63, 3.8) is 0 Å². The third-order valence-corrected chi connectivity index (χ3v) is 3.21. The van der Waals surface area contributed by atoms with Gasteiger partial charge in [0.2, 0.25) is 5.91 Å². The van der Waals surface area contributed by atoms with E-state index in [1.807, 2.05) is 6.92 Å². The second-order valence-electron chi connectivity index (χ2n) is 4.42. The highest BCUT2D eigenvalue weighted by Crippen LogP contribution is 2.27. The van der Waals surface area contributed by atoms with Gasteiger partial charge in [-0.3, -0.25) is 4.79 Å². The molecule has 1 amide bonds. The minimum absolute atomic E-state index is 0.0215. The molecule has 1 aromatic rings. The Morgan fingerprint density at radius 3 is 2.94 bits per heavy atom. The van der Waals surface area contributed by atoms with E-state index < -0.39 is 0 Å². The SMILES string of the molecule is COc1cc(NC(=O)C2CCOC2C)ccc1N. The maximum absolute atomic E-state index is 12.0. The molecule has 0 bridgehead atoms. The molecular formula is C13H18N2O3. The predicted molar refractivity (Wildman–Crippen MR) is 69.6 cm³/mol. The Morgan fingerprint density at radius 1 is 1.56 bits per heavy atom. The zero-order chi connectivity index (χ0) is 13.1. The number of hydrogen-bond donors (Lipinski definition) is 2. The fraction of sp³-hybridized carbons (Fsp3) is 0.462. The summed E-state index contributed by atoms with van der Waals surface area (Å²) in [5, 5.41) is 2.86. The van der Waals surface area contributed by atoms with Crippen LogP contribution in [-0.2, 0) is 9.53 Å². The van der Waals surface area contributed by atoms with Crippen LogP contribution in [0.4, 0.5) is 11.4 Å². The summed E-state index contributed by atoms with van der Waals surface area (Å²) in [6.07, 6.45) is 0.736. The van der Waals surface area contributed by atoms with Gasteiger partial charge in [0.05, 0.1) is 24.8 Å². The second kappa shape index (κ2) is 5.27. The van der Waals surface area contributed by atoms with Gasteiger partial charge in [-0.2, -0.15) is 0 Å². The predicted octanol–water partition coefficient (Wildman–Crippen LogP) is 1.64. The number of rotatable bonds is 3. The third kappa shape index (κ3) is 2.56. The first-order chi connectivity index (χ1) is 8.61. The maximum atomic E-state index is 12.0. The highest BCUT2D eigenvalue weighted by molar-refractivity contribution is 5.93. The van der Waals surface area contributed by atoms with E-state index in [0.29, 0.717) is 23.7 Å². The Bertz CT molecular complexity index is 448. The van der Waals surface area contributed by atoms with Crippen molar-refractivity contribution in [1.29, 1.82) is 0 Å². The van der Waals surface area contributed by atoms with Gasteiger partial charge in [-0.05, 0) is 25.5 Å². The average Bonchev–Trinajstić information content (AvgIpc) is 2.78. The van der Waals surface area contributed by atoms with Gasteiger partial charge in [0.25, 0.3) is 0 Å². The topological polar surface area (TPSA) is 73.6 Å². The van der Waals surface area contributed by atoms with Crippen molar-refractivity contribution in [3.8, 4) is 5.75 Å². The lowest BCUT2D eigenvalue weighted by molar-refractivity contribution is -0.121. The smallest absolute Gasteiger partial charge is 0.230 e. The number of carbonyl (C=O) groups excluding carboxylic acids is 1. The molecule has 2 unspecified atom stereocenters. The molecule has 1 fully saturated rings. The van der Waals surface area contributed by atoms with Crippen LogP contribution >= 0.6 is 0 Å². The first kappa shape index (κ1) is 12.7. The monoisotopic (exact) mass is 250 g/mol. The van der Waals surface area contributed by atoms with Crippen LogP contribution in [0.2, 0.25) is 0 Å². The van der Waals surface area contributed by atoms with Crippen molar-refractivity contribution in [2.75, 3.05) is 24.8 Å². The number of ether oxygens (including phenoxy) is 2. The van der Waals surface area contributed by atoms with E-state index in [1.165, 1.54) is 0 Å². The van der Waals surface area contributed by atoms with Crippen LogP contribution in [0.1, 0.15) is 13.3 Å². The number of hydrogen-bond acceptors (Lipinski definition) is 4. The quantitative estimate of drug-likeness (QED) is 0.800. The largest absolute Gasteiger partial charge is 0.495 e. The molecule has 1 aliphatic rings. The number of nitrogens with two attached hydrogens (primary N) is 1. The number of nitrogen functional groups attached to an aromatic ring is 1. The summed E-state index contributed by atoms with van der Waals surface area (Å²) < 4.78 is 10.5. The number of benzene rings is 1. The number of anilines is 2. The summed E-state index contributed by atoms with van der Waals surface area (Å²) in [6, 6.07) is 5.19. The summed E-state index contributed by atoms with van der Waals surface area (Å²) in [5.41, 5.74) is 6.95. The number of amides is 1. The zero-order valence-electron chi connectivity index (χ0n) is 10.6. The molecule has 5 heteroatoms. The highest BCUT2D eigenvalue weighted by Gasteiger charge is 2.30. The molecule has 2 atom stereocenters. The van der Waals surface area contributed by atoms with Gasteiger partial charge in [-0.25, -0.2) is 0 Å². The molecule has 0 spiro atoms. The van der Waals surface area contributed by atoms with Crippen LogP contribution in [0.3, 0.4) is 0 Å². The van der Waals surface area contributed by atoms with Crippen LogP contribution < -0.4 is 15.8 Å². The lowest BCUT2D eigenvalue weighted by Gasteiger charge is -2.15. The van der Waals surface area contributed by atoms with E-state index in [0.717, 1.165) is 6.42 Å². The molecule has 1 saturated heterocycles. The van der Waals surface area contributed by atoms with Crippen molar-refractivity contribution >= 4 is 17.3 Å². The molecule has 0 radical (unpaired) electrons. The minimum Gasteiger partial charge on any atom is -0.495 e. The highest BCUT2D eigenvalue weighted by atomic mass is 16.5. The van der Waals surface area contributed by atoms with E-state index in [1.54, 1.807) is 25.3 Å². The summed E-state index contributed by atoms with van der Waals surface area (Å²) in [7, 11) is 1.55. The zero-order valence-corrected chi connectivity index (χ0v) is 10.6. The molecule has 1 aliphatic heterocycles. The molecule has 98 valence electrons. The van der Waals surface area contributed by atoms with Gasteiger partial charge in [-0.15, -0.1) is 0 Å². The minimum atomic E-state index is -0.0893. The average molecular weight is 250 g/mol. The normalized spacial score (nSPS) is 22.8. The molecule has 3 N–H and O–H groups in total. The van der Waals surface area contributed by atoms with E-state index >= 15 is 0 Å². The molecule has 0 aliphatic carbocycles. The van der Waals surface area contributed by atoms with Gasteiger partial charge >= 0.3 is 0 Å². The van der Waals surface area contributed by atoms with Crippen molar-refractivity contribution in [3.05, 3.63) is 18.2 Å². The van der Waals surface area contributed by atoms with Crippen LogP contribution in [0.15, 0.2) is 18.2 Å². The fourth-order valence-electron chi connectivity index (χ4n) is 2.10. The Labute approximate surface area is 106 Å². The van der Waals surface area contributed by atoms with Crippen LogP contribution in [0.5, 0.6) is 5.75 Å². The van der Waals surface area contributed by atoms with Gasteiger partial charge in [-0.1, -0.05) is 0 Å². The lowest BCUT2D eigenvalue weighted by Crippen LogP contribution is -2.27. The van der Waals surface area contributed by atoms with E-state index in [-0.39, 0.29) is 17.9 Å². The summed E-state index contributed by atoms with van der Waals surface area (Å²) in [5.74, 6) is 0.448. The summed E-state index contributed by atoms with van der Waals surface area (Å²) >= 11 is 0. The van der Waals surface area contributed by atoms with E-state index in [2.05, 4.69) is 5.32 Å². The standard InChI is InChI=1S/C13H18N2O3/c1-8-10(5-6-18-8)13(16)15-9-3-4-11(14)12(7-9)17-2/h3-4,7-8,10H,5-6,14H2,1-2H3,(H,15,16). The Hall–Kier alpha value is -1.75. The molecule has 0 saturated carbocycles. The van der Waals surface area contributed by atoms with Gasteiger partial charge < -0.3 is 20.5 Å². The first-order valence-corrected chi connectivity index (χ1v) is 5.98. The first-order valence-electron chi connectivity index (χ1n) is 5.98. The molecule has 18 heavy (non-hydrogen) atoms. The Balaban J connectivity index is 2.07. The van der Waals surface area contributed by atoms with Gasteiger partial charge in [0.15, 0.2) is 0 Å². The van der Waals surface area contributed by atoms with Crippen molar-refractivity contribution in [2.24, 2.45) is 5.92 Å². The Kier molecular flexibility index (Phi) is 3.72. The van der Waals surface area contributed by atoms with Crippen molar-refractivity contribution in [1.82, 2.24) is 0 Å². The molecular weight excluding hydrogens is 232 g/mol. The van der Waals surface area contributed by atoms with Gasteiger partial charge in [0, 0.05) is 18.4 Å². The number of carbonyl (C=O) groups is 1.